The highest BCUT2D eigenvalue weighted by atomic mass is 16.5. The number of carbonyl (C=O) groups excluding carboxylic acids is 4. The average Bonchev–Trinajstić information content (AvgIpc) is 3.44. The van der Waals surface area contributed by atoms with Gasteiger partial charge in [-0.25, -0.2) is 4.90 Å². The van der Waals surface area contributed by atoms with Crippen LogP contribution in [0.15, 0.2) is 84.9 Å². The number of hydrogen-bond donors (Lipinski definition) is 0. The molecular weight excluding hydrogens is 442 g/mol. The summed E-state index contributed by atoms with van der Waals surface area (Å²) in [5.41, 5.74) is 0.653. The first-order valence-corrected chi connectivity index (χ1v) is 11.5. The summed E-state index contributed by atoms with van der Waals surface area (Å²) < 4.78 is 6.20. The predicted molar refractivity (Wildman–Crippen MR) is 129 cm³/mol. The van der Waals surface area contributed by atoms with Crippen LogP contribution in [0.25, 0.3) is 6.08 Å². The van der Waals surface area contributed by atoms with Gasteiger partial charge in [0.25, 0.3) is 0 Å². The van der Waals surface area contributed by atoms with E-state index in [1.54, 1.807) is 48.6 Å². The van der Waals surface area contributed by atoms with Crippen LogP contribution in [0.3, 0.4) is 0 Å². The smallest absolute Gasteiger partial charge is 0.241 e. The number of carbonyl (C=O) groups is 4. The fourth-order valence-electron chi connectivity index (χ4n) is 5.46. The molecule has 0 saturated carbocycles. The lowest BCUT2D eigenvalue weighted by molar-refractivity contribution is -0.126. The third kappa shape index (κ3) is 2.93. The summed E-state index contributed by atoms with van der Waals surface area (Å²) in [7, 11) is 0. The van der Waals surface area contributed by atoms with E-state index in [4.69, 9.17) is 4.74 Å². The maximum atomic E-state index is 13.8. The van der Waals surface area contributed by atoms with E-state index in [0.29, 0.717) is 5.69 Å². The molecule has 2 heterocycles. The maximum Gasteiger partial charge on any atom is 0.241 e. The number of ketones is 2. The van der Waals surface area contributed by atoms with Gasteiger partial charge in [-0.1, -0.05) is 84.4 Å². The lowest BCUT2D eigenvalue weighted by Crippen LogP contribution is -2.51. The number of nitrogens with zero attached hydrogens (tertiary/aromatic N) is 1. The molecule has 0 bridgehead atoms. The molecule has 6 heteroatoms. The molecule has 0 N–H and O–H groups in total. The Labute approximate surface area is 201 Å². The molecule has 2 saturated heterocycles. The Balaban J connectivity index is 1.48. The third-order valence-electron chi connectivity index (χ3n) is 7.13. The van der Waals surface area contributed by atoms with Crippen LogP contribution in [0.5, 0.6) is 0 Å². The Morgan fingerprint density at radius 3 is 2.00 bits per heavy atom. The number of rotatable bonds is 3. The summed E-state index contributed by atoms with van der Waals surface area (Å²) in [4.78, 5) is 56.0. The van der Waals surface area contributed by atoms with E-state index in [2.05, 4.69) is 0 Å². The maximum absolute atomic E-state index is 13.8. The number of ether oxygens (including phenoxy) is 1. The number of benzene rings is 3. The van der Waals surface area contributed by atoms with Gasteiger partial charge < -0.3 is 4.74 Å². The van der Waals surface area contributed by atoms with Crippen LogP contribution < -0.4 is 4.90 Å². The Bertz CT molecular complexity index is 1390. The number of Topliss-reactive ketones (excluding diaryl/α,β-unsaturated/α-hetero) is 2. The van der Waals surface area contributed by atoms with E-state index >= 15 is 0 Å². The summed E-state index contributed by atoms with van der Waals surface area (Å²) in [6, 6.07) is 22.9. The number of imide groups is 1. The van der Waals surface area contributed by atoms with Crippen molar-refractivity contribution in [3.63, 3.8) is 0 Å². The van der Waals surface area contributed by atoms with Crippen LogP contribution in [0.1, 0.15) is 31.8 Å². The zero-order chi connectivity index (χ0) is 24.3. The van der Waals surface area contributed by atoms with Crippen molar-refractivity contribution >= 4 is 35.1 Å². The summed E-state index contributed by atoms with van der Waals surface area (Å²) in [6.45, 7) is 1.91. The van der Waals surface area contributed by atoms with Crippen molar-refractivity contribution in [3.8, 4) is 0 Å². The highest BCUT2D eigenvalue weighted by Crippen LogP contribution is 2.53. The van der Waals surface area contributed by atoms with Crippen LogP contribution in [0, 0.1) is 18.8 Å². The van der Waals surface area contributed by atoms with Gasteiger partial charge in [-0.15, -0.1) is 0 Å². The molecule has 2 fully saturated rings. The molecular formula is C29H21NO5. The quantitative estimate of drug-likeness (QED) is 0.433. The highest BCUT2D eigenvalue weighted by molar-refractivity contribution is 6.37. The zero-order valence-corrected chi connectivity index (χ0v) is 18.9. The van der Waals surface area contributed by atoms with Gasteiger partial charge >= 0.3 is 0 Å². The van der Waals surface area contributed by atoms with Crippen molar-refractivity contribution in [2.75, 3.05) is 4.90 Å². The number of fused-ring (bicyclic) bond motifs is 3. The highest BCUT2D eigenvalue weighted by Gasteiger charge is 2.74. The van der Waals surface area contributed by atoms with Crippen molar-refractivity contribution in [2.24, 2.45) is 11.8 Å². The molecule has 6 rings (SSSR count). The van der Waals surface area contributed by atoms with Crippen molar-refractivity contribution in [1.82, 2.24) is 0 Å². The Morgan fingerprint density at radius 2 is 1.37 bits per heavy atom. The fourth-order valence-corrected chi connectivity index (χ4v) is 5.46. The number of amides is 2. The second kappa shape index (κ2) is 7.68. The monoisotopic (exact) mass is 463 g/mol. The normalized spacial score (nSPS) is 24.6. The second-order valence-corrected chi connectivity index (χ2v) is 9.14. The lowest BCUT2D eigenvalue weighted by atomic mass is 9.78. The first kappa shape index (κ1) is 21.4. The number of aryl methyl sites for hydroxylation is 1. The molecule has 2 aliphatic heterocycles. The molecule has 3 aromatic rings. The Morgan fingerprint density at radius 1 is 0.771 bits per heavy atom. The fraction of sp³-hybridized carbons (Fsp3) is 0.172. The van der Waals surface area contributed by atoms with Crippen molar-refractivity contribution in [1.29, 1.82) is 0 Å². The van der Waals surface area contributed by atoms with E-state index in [0.717, 1.165) is 16.0 Å². The second-order valence-electron chi connectivity index (χ2n) is 9.14. The van der Waals surface area contributed by atoms with Crippen LogP contribution >= 0.6 is 0 Å². The summed E-state index contributed by atoms with van der Waals surface area (Å²) >= 11 is 0. The lowest BCUT2D eigenvalue weighted by Gasteiger charge is -2.26. The molecule has 172 valence electrons. The SMILES string of the molecule is Cc1ccc(N2C(=O)C3C(C=Cc4ccccc4)OC4(C(=O)c5ccccc5C4=O)C3C2=O)cc1. The molecule has 3 unspecified atom stereocenters. The first-order chi connectivity index (χ1) is 16.9. The molecule has 1 spiro atoms. The average molecular weight is 463 g/mol. The Hall–Kier alpha value is -4.16. The summed E-state index contributed by atoms with van der Waals surface area (Å²) in [5, 5.41) is 0. The van der Waals surface area contributed by atoms with Gasteiger partial charge in [0.15, 0.2) is 0 Å². The number of anilines is 1. The van der Waals surface area contributed by atoms with Crippen LogP contribution in [-0.2, 0) is 14.3 Å². The van der Waals surface area contributed by atoms with Gasteiger partial charge in [-0.2, -0.15) is 0 Å². The van der Waals surface area contributed by atoms with Crippen LogP contribution in [0.2, 0.25) is 0 Å². The Kier molecular flexibility index (Phi) is 4.69. The molecule has 3 atom stereocenters. The van der Waals surface area contributed by atoms with Crippen molar-refractivity contribution in [2.45, 2.75) is 18.6 Å². The van der Waals surface area contributed by atoms with Gasteiger partial charge in [-0.05, 0) is 24.6 Å². The van der Waals surface area contributed by atoms with Crippen molar-refractivity contribution < 1.29 is 23.9 Å². The molecule has 1 aliphatic carbocycles. The van der Waals surface area contributed by atoms with Gasteiger partial charge in [0, 0.05) is 11.1 Å². The number of hydrogen-bond acceptors (Lipinski definition) is 5. The molecule has 6 nitrogen and oxygen atoms in total. The minimum Gasteiger partial charge on any atom is -0.350 e. The largest absolute Gasteiger partial charge is 0.350 e. The van der Waals surface area contributed by atoms with E-state index in [1.807, 2.05) is 49.4 Å². The molecule has 0 radical (unpaired) electrons. The van der Waals surface area contributed by atoms with E-state index in [9.17, 15) is 19.2 Å². The molecule has 2 amide bonds. The van der Waals surface area contributed by atoms with Gasteiger partial charge in [0.05, 0.1) is 23.6 Å². The predicted octanol–water partition coefficient (Wildman–Crippen LogP) is 4.03. The van der Waals surface area contributed by atoms with Crippen LogP contribution in [-0.4, -0.2) is 35.1 Å². The molecule has 35 heavy (non-hydrogen) atoms. The zero-order valence-electron chi connectivity index (χ0n) is 18.9. The van der Waals surface area contributed by atoms with Crippen LogP contribution in [0.4, 0.5) is 5.69 Å². The van der Waals surface area contributed by atoms with E-state index < -0.39 is 46.9 Å². The van der Waals surface area contributed by atoms with Gasteiger partial charge in [0.1, 0.15) is 0 Å². The van der Waals surface area contributed by atoms with E-state index in [1.165, 1.54) is 0 Å². The first-order valence-electron chi connectivity index (χ1n) is 11.5. The van der Waals surface area contributed by atoms with Crippen molar-refractivity contribution in [3.05, 3.63) is 107 Å². The minimum absolute atomic E-state index is 0.220. The minimum atomic E-state index is -2.05. The van der Waals surface area contributed by atoms with Gasteiger partial charge in [0.2, 0.25) is 29.0 Å². The molecule has 3 aromatic carbocycles. The van der Waals surface area contributed by atoms with E-state index in [-0.39, 0.29) is 11.1 Å². The molecule has 3 aliphatic rings. The summed E-state index contributed by atoms with van der Waals surface area (Å²) in [5.74, 6) is -4.42. The summed E-state index contributed by atoms with van der Waals surface area (Å²) in [6.07, 6.45) is 2.54. The topological polar surface area (TPSA) is 80.8 Å². The third-order valence-corrected chi connectivity index (χ3v) is 7.13. The standard InChI is InChI=1S/C29H21NO5/c1-17-11-14-19(15-12-17)30-27(33)23-22(16-13-18-7-3-2-4-8-18)35-29(24(23)28(30)34)25(31)20-9-5-6-10-21(20)26(29)32/h2-16,22-24H,1H3. The van der Waals surface area contributed by atoms with Gasteiger partial charge in [-0.3, -0.25) is 19.2 Å². The molecule has 0 aromatic heterocycles.